The van der Waals surface area contributed by atoms with Crippen LogP contribution in [0, 0.1) is 0 Å². The topological polar surface area (TPSA) is 12.9 Å². The molecule has 0 aliphatic carbocycles. The first-order chi connectivity index (χ1) is 11.9. The molecule has 24 heavy (non-hydrogen) atoms. The van der Waals surface area contributed by atoms with E-state index in [0.29, 0.717) is 0 Å². The van der Waals surface area contributed by atoms with Crippen LogP contribution in [0.1, 0.15) is 0 Å². The predicted octanol–water partition coefficient (Wildman–Crippen LogP) is 6.85. The molecule has 3 aromatic heterocycles. The van der Waals surface area contributed by atoms with Crippen molar-refractivity contribution in [3.05, 3.63) is 78.3 Å². The second-order valence-corrected chi connectivity index (χ2v) is 7.69. The van der Waals surface area contributed by atoms with Crippen LogP contribution in [0.4, 0.5) is 0 Å². The Morgan fingerprint density at radius 3 is 2.62 bits per heavy atom. The van der Waals surface area contributed by atoms with Gasteiger partial charge in [-0.05, 0) is 41.3 Å². The van der Waals surface area contributed by atoms with E-state index in [-0.39, 0.29) is 0 Å². The summed E-state index contributed by atoms with van der Waals surface area (Å²) in [5, 5.41) is 4.78. The van der Waals surface area contributed by atoms with Gasteiger partial charge >= 0.3 is 0 Å². The number of benzene rings is 2. The lowest BCUT2D eigenvalue weighted by Crippen LogP contribution is -1.81. The minimum Gasteiger partial charge on any atom is -0.256 e. The molecular formula is C21H13NS2. The summed E-state index contributed by atoms with van der Waals surface area (Å²) in [6.07, 6.45) is 1.86. The van der Waals surface area contributed by atoms with Crippen LogP contribution in [0.3, 0.4) is 0 Å². The Morgan fingerprint density at radius 1 is 0.792 bits per heavy atom. The van der Waals surface area contributed by atoms with Gasteiger partial charge in [-0.1, -0.05) is 36.4 Å². The zero-order chi connectivity index (χ0) is 15.9. The zero-order valence-corrected chi connectivity index (χ0v) is 14.4. The van der Waals surface area contributed by atoms with Gasteiger partial charge in [0.05, 0.1) is 5.69 Å². The summed E-state index contributed by atoms with van der Waals surface area (Å²) in [6, 6.07) is 23.7. The highest BCUT2D eigenvalue weighted by molar-refractivity contribution is 7.26. The van der Waals surface area contributed by atoms with Gasteiger partial charge in [-0.3, -0.25) is 4.98 Å². The first kappa shape index (κ1) is 13.9. The van der Waals surface area contributed by atoms with Crippen molar-refractivity contribution >= 4 is 42.8 Å². The van der Waals surface area contributed by atoms with E-state index >= 15 is 0 Å². The van der Waals surface area contributed by atoms with Gasteiger partial charge in [-0.2, -0.15) is 0 Å². The maximum atomic E-state index is 4.54. The van der Waals surface area contributed by atoms with Crippen molar-refractivity contribution in [2.75, 3.05) is 0 Å². The van der Waals surface area contributed by atoms with Crippen molar-refractivity contribution in [1.82, 2.24) is 4.98 Å². The summed E-state index contributed by atoms with van der Waals surface area (Å²) in [5.74, 6) is 0. The van der Waals surface area contributed by atoms with Gasteiger partial charge in [-0.15, -0.1) is 22.7 Å². The molecule has 0 radical (unpaired) electrons. The van der Waals surface area contributed by atoms with Crippen molar-refractivity contribution in [3.63, 3.8) is 0 Å². The predicted molar refractivity (Wildman–Crippen MR) is 106 cm³/mol. The quantitative estimate of drug-likeness (QED) is 0.342. The van der Waals surface area contributed by atoms with Gasteiger partial charge in [0.25, 0.3) is 0 Å². The maximum Gasteiger partial charge on any atom is 0.0716 e. The Balaban J connectivity index is 1.80. The van der Waals surface area contributed by atoms with Crippen LogP contribution in [0.2, 0.25) is 0 Å². The SMILES string of the molecule is c1ccc(-c2cccc3c2sc2ccc(-c4cccs4)cc23)nc1. The maximum absolute atomic E-state index is 4.54. The van der Waals surface area contributed by atoms with Crippen molar-refractivity contribution in [2.24, 2.45) is 0 Å². The van der Waals surface area contributed by atoms with Crippen LogP contribution < -0.4 is 0 Å². The van der Waals surface area contributed by atoms with Crippen LogP contribution in [0.25, 0.3) is 41.9 Å². The second-order valence-electron chi connectivity index (χ2n) is 5.69. The normalized spacial score (nSPS) is 11.3. The molecule has 3 heterocycles. The Labute approximate surface area is 147 Å². The van der Waals surface area contributed by atoms with Crippen LogP contribution in [0.15, 0.2) is 78.3 Å². The monoisotopic (exact) mass is 343 g/mol. The van der Waals surface area contributed by atoms with Gasteiger partial charge < -0.3 is 0 Å². The van der Waals surface area contributed by atoms with Crippen molar-refractivity contribution in [3.8, 4) is 21.7 Å². The largest absolute Gasteiger partial charge is 0.256 e. The molecule has 0 aliphatic heterocycles. The van der Waals surface area contributed by atoms with Crippen LogP contribution >= 0.6 is 22.7 Å². The number of rotatable bonds is 2. The fraction of sp³-hybridized carbons (Fsp3) is 0. The molecule has 0 fully saturated rings. The lowest BCUT2D eigenvalue weighted by atomic mass is 10.0. The van der Waals surface area contributed by atoms with E-state index in [2.05, 4.69) is 65.0 Å². The lowest BCUT2D eigenvalue weighted by Gasteiger charge is -2.02. The molecule has 1 nitrogen and oxygen atoms in total. The van der Waals surface area contributed by atoms with Gasteiger partial charge in [-0.25, -0.2) is 0 Å². The number of hydrogen-bond acceptors (Lipinski definition) is 3. The van der Waals surface area contributed by atoms with E-state index in [0.717, 1.165) is 5.69 Å². The average Bonchev–Trinajstić information content (AvgIpc) is 3.29. The van der Waals surface area contributed by atoms with Crippen molar-refractivity contribution in [1.29, 1.82) is 0 Å². The van der Waals surface area contributed by atoms with Crippen LogP contribution in [0.5, 0.6) is 0 Å². The molecular weight excluding hydrogens is 330 g/mol. The fourth-order valence-electron chi connectivity index (χ4n) is 3.12. The number of hydrogen-bond donors (Lipinski definition) is 0. The molecule has 3 heteroatoms. The van der Waals surface area contributed by atoms with Crippen LogP contribution in [-0.2, 0) is 0 Å². The highest BCUT2D eigenvalue weighted by Gasteiger charge is 2.11. The molecule has 0 saturated heterocycles. The smallest absolute Gasteiger partial charge is 0.0716 e. The van der Waals surface area contributed by atoms with Gasteiger partial charge in [0, 0.05) is 36.8 Å². The Bertz CT molecular complexity index is 1140. The fourth-order valence-corrected chi connectivity index (χ4v) is 5.05. The first-order valence-corrected chi connectivity index (χ1v) is 9.50. The molecule has 114 valence electrons. The van der Waals surface area contributed by atoms with Crippen LogP contribution in [-0.4, -0.2) is 4.98 Å². The molecule has 5 aromatic rings. The Hall–Kier alpha value is -2.49. The second kappa shape index (κ2) is 5.55. The summed E-state index contributed by atoms with van der Waals surface area (Å²) in [7, 11) is 0. The first-order valence-electron chi connectivity index (χ1n) is 7.81. The minimum absolute atomic E-state index is 1.04. The van der Waals surface area contributed by atoms with E-state index in [4.69, 9.17) is 0 Å². The molecule has 0 atom stereocenters. The average molecular weight is 343 g/mol. The molecule has 0 unspecified atom stereocenters. The highest BCUT2D eigenvalue weighted by atomic mass is 32.1. The number of fused-ring (bicyclic) bond motifs is 3. The molecule has 0 spiro atoms. The molecule has 2 aromatic carbocycles. The molecule has 5 rings (SSSR count). The molecule has 0 bridgehead atoms. The summed E-state index contributed by atoms with van der Waals surface area (Å²) in [6.45, 7) is 0. The summed E-state index contributed by atoms with van der Waals surface area (Å²) in [5.41, 5.74) is 3.54. The number of pyridine rings is 1. The Morgan fingerprint density at radius 2 is 1.79 bits per heavy atom. The molecule has 0 N–H and O–H groups in total. The number of aromatic nitrogens is 1. The number of nitrogens with zero attached hydrogens (tertiary/aromatic N) is 1. The molecule has 0 aliphatic rings. The lowest BCUT2D eigenvalue weighted by molar-refractivity contribution is 1.33. The van der Waals surface area contributed by atoms with Crippen molar-refractivity contribution in [2.45, 2.75) is 0 Å². The zero-order valence-electron chi connectivity index (χ0n) is 12.8. The van der Waals surface area contributed by atoms with E-state index in [9.17, 15) is 0 Å². The van der Waals surface area contributed by atoms with E-state index in [1.54, 1.807) is 11.3 Å². The molecule has 0 amide bonds. The van der Waals surface area contributed by atoms with E-state index < -0.39 is 0 Å². The molecule has 0 saturated carbocycles. The third kappa shape index (κ3) is 2.17. The minimum atomic E-state index is 1.04. The summed E-state index contributed by atoms with van der Waals surface area (Å²) < 4.78 is 2.64. The third-order valence-corrected chi connectivity index (χ3v) is 6.38. The Kier molecular flexibility index (Phi) is 3.21. The summed E-state index contributed by atoms with van der Waals surface area (Å²) in [4.78, 5) is 5.85. The van der Waals surface area contributed by atoms with Gasteiger partial charge in [0.1, 0.15) is 0 Å². The highest BCUT2D eigenvalue weighted by Crippen LogP contribution is 2.41. The summed E-state index contributed by atoms with van der Waals surface area (Å²) >= 11 is 3.64. The third-order valence-electron chi connectivity index (χ3n) is 4.24. The van der Waals surface area contributed by atoms with E-state index in [1.165, 1.54) is 36.2 Å². The van der Waals surface area contributed by atoms with Gasteiger partial charge in [0.2, 0.25) is 0 Å². The van der Waals surface area contributed by atoms with Gasteiger partial charge in [0.15, 0.2) is 0 Å². The number of thiophene rings is 2. The van der Waals surface area contributed by atoms with E-state index in [1.807, 2.05) is 29.7 Å². The van der Waals surface area contributed by atoms with Crippen molar-refractivity contribution < 1.29 is 0 Å². The standard InChI is InChI=1S/C21H13NS2/c1-2-11-22-18(7-1)16-6-3-5-15-17-13-14(19-8-4-12-23-19)9-10-20(17)24-21(15)16/h1-13H.